The molecule has 0 aromatic heterocycles. The van der Waals surface area contributed by atoms with Crippen molar-refractivity contribution in [1.82, 2.24) is 0 Å². The monoisotopic (exact) mass is 471 g/mol. The highest BCUT2D eigenvalue weighted by molar-refractivity contribution is 6.39. The van der Waals surface area contributed by atoms with Crippen molar-refractivity contribution in [1.29, 1.82) is 0 Å². The molecule has 4 amide bonds. The van der Waals surface area contributed by atoms with Gasteiger partial charge in [0, 0.05) is 23.7 Å². The number of carbonyl (C=O) groups excluding carboxylic acids is 3. The summed E-state index contributed by atoms with van der Waals surface area (Å²) in [6.45, 7) is 0.727. The minimum Gasteiger partial charge on any atom is -0.367 e. The number of anilines is 3. The van der Waals surface area contributed by atoms with Crippen molar-refractivity contribution in [3.05, 3.63) is 89.4 Å². The molecule has 3 aromatic carbocycles. The Kier molecular flexibility index (Phi) is 4.74. The van der Waals surface area contributed by atoms with Gasteiger partial charge in [-0.25, -0.2) is 14.6 Å². The molecular formula is C27H22ClN3O3. The number of hydrogen-bond acceptors (Lipinski definition) is 4. The van der Waals surface area contributed by atoms with Crippen LogP contribution in [0.25, 0.3) is 0 Å². The molecule has 0 unspecified atom stereocenters. The van der Waals surface area contributed by atoms with E-state index in [1.54, 1.807) is 54.6 Å². The second-order valence-electron chi connectivity index (χ2n) is 8.97. The Morgan fingerprint density at radius 1 is 0.765 bits per heavy atom. The van der Waals surface area contributed by atoms with Gasteiger partial charge in [0.1, 0.15) is 0 Å². The number of halogens is 1. The van der Waals surface area contributed by atoms with Crippen molar-refractivity contribution < 1.29 is 14.4 Å². The fourth-order valence-electron chi connectivity index (χ4n) is 5.77. The Balaban J connectivity index is 1.60. The quantitative estimate of drug-likeness (QED) is 0.491. The average Bonchev–Trinajstić information content (AvgIpc) is 3.36. The summed E-state index contributed by atoms with van der Waals surface area (Å²) in [6.07, 6.45) is 1.69. The first-order valence-electron chi connectivity index (χ1n) is 11.4. The molecular weight excluding hydrogens is 450 g/mol. The first kappa shape index (κ1) is 20.9. The van der Waals surface area contributed by atoms with E-state index in [4.69, 9.17) is 11.6 Å². The Bertz CT molecular complexity index is 1250. The first-order valence-corrected chi connectivity index (χ1v) is 11.8. The van der Waals surface area contributed by atoms with Crippen LogP contribution in [0.1, 0.15) is 18.4 Å². The number of imide groups is 2. The summed E-state index contributed by atoms with van der Waals surface area (Å²) in [6, 6.07) is 22.3. The molecule has 2 saturated heterocycles. The van der Waals surface area contributed by atoms with Gasteiger partial charge in [0.25, 0.3) is 11.8 Å². The van der Waals surface area contributed by atoms with E-state index in [1.165, 1.54) is 9.80 Å². The number of amides is 4. The summed E-state index contributed by atoms with van der Waals surface area (Å²) in [5, 5.41) is 0.525. The number of carbonyl (C=O) groups is 3. The minimum atomic E-state index is -1.46. The molecule has 0 bridgehead atoms. The number of hydrogen-bond donors (Lipinski definition) is 0. The van der Waals surface area contributed by atoms with Crippen LogP contribution in [0, 0.1) is 5.41 Å². The van der Waals surface area contributed by atoms with Crippen molar-refractivity contribution in [3.63, 3.8) is 0 Å². The van der Waals surface area contributed by atoms with Crippen molar-refractivity contribution in [2.45, 2.75) is 25.3 Å². The molecule has 1 atom stereocenters. The van der Waals surface area contributed by atoms with Gasteiger partial charge in [-0.3, -0.25) is 9.59 Å². The van der Waals surface area contributed by atoms with Gasteiger partial charge in [0.05, 0.1) is 17.4 Å². The van der Waals surface area contributed by atoms with Crippen LogP contribution in [0.15, 0.2) is 78.9 Å². The molecule has 1 spiro atoms. The Morgan fingerprint density at radius 2 is 1.35 bits per heavy atom. The van der Waals surface area contributed by atoms with Crippen LogP contribution < -0.4 is 14.7 Å². The molecule has 0 saturated carbocycles. The number of urea groups is 1. The predicted octanol–water partition coefficient (Wildman–Crippen LogP) is 5.05. The van der Waals surface area contributed by atoms with Gasteiger partial charge in [0.2, 0.25) is 0 Å². The molecule has 170 valence electrons. The zero-order valence-corrected chi connectivity index (χ0v) is 19.1. The maximum absolute atomic E-state index is 14.4. The number of benzene rings is 3. The molecule has 3 heterocycles. The zero-order chi connectivity index (χ0) is 23.4. The van der Waals surface area contributed by atoms with Crippen LogP contribution in [0.5, 0.6) is 0 Å². The molecule has 6 rings (SSSR count). The van der Waals surface area contributed by atoms with Crippen LogP contribution in [-0.2, 0) is 16.0 Å². The van der Waals surface area contributed by atoms with Gasteiger partial charge in [-0.15, -0.1) is 0 Å². The van der Waals surface area contributed by atoms with Crippen LogP contribution in [0.3, 0.4) is 0 Å². The third-order valence-electron chi connectivity index (χ3n) is 7.26. The summed E-state index contributed by atoms with van der Waals surface area (Å²) < 4.78 is 0. The highest BCUT2D eigenvalue weighted by Crippen LogP contribution is 2.52. The molecule has 0 N–H and O–H groups in total. The standard InChI is InChI=1S/C27H22ClN3O3/c28-21-13-7-14-22-20(21)17-27(23-15-8-16-29(22)23)24(32)30(18-9-3-1-4-10-18)26(34)31(25(27)33)19-11-5-2-6-12-19/h1-7,9-14,23H,8,15-17H2/t23-/m1/s1. The predicted molar refractivity (Wildman–Crippen MR) is 131 cm³/mol. The van der Waals surface area contributed by atoms with Gasteiger partial charge < -0.3 is 4.90 Å². The number of rotatable bonds is 2. The fourth-order valence-corrected chi connectivity index (χ4v) is 6.00. The molecule has 6 nitrogen and oxygen atoms in total. The van der Waals surface area contributed by atoms with Gasteiger partial charge in [-0.2, -0.15) is 0 Å². The smallest absolute Gasteiger partial charge is 0.342 e. The lowest BCUT2D eigenvalue weighted by atomic mass is 9.68. The van der Waals surface area contributed by atoms with E-state index in [1.807, 2.05) is 24.3 Å². The first-order chi connectivity index (χ1) is 16.5. The molecule has 3 aromatic rings. The lowest BCUT2D eigenvalue weighted by molar-refractivity contribution is -0.142. The number of fused-ring (bicyclic) bond motifs is 4. The third kappa shape index (κ3) is 2.78. The SMILES string of the molecule is O=C1N(c2ccccc2)C(=O)C2(Cc3c(Cl)cccc3N3CCC[C@@H]32)C(=O)N1c1ccccc1. The summed E-state index contributed by atoms with van der Waals surface area (Å²) in [4.78, 5) is 46.9. The van der Waals surface area contributed by atoms with Gasteiger partial charge in [0.15, 0.2) is 5.41 Å². The second-order valence-corrected chi connectivity index (χ2v) is 9.38. The number of para-hydroxylation sites is 2. The summed E-state index contributed by atoms with van der Waals surface area (Å²) in [5.41, 5.74) is 1.17. The molecule has 0 radical (unpaired) electrons. The second kappa shape index (κ2) is 7.71. The highest BCUT2D eigenvalue weighted by Gasteiger charge is 2.65. The van der Waals surface area contributed by atoms with Gasteiger partial charge >= 0.3 is 6.03 Å². The molecule has 0 aliphatic carbocycles. The fraction of sp³-hybridized carbons (Fsp3) is 0.222. The number of nitrogens with zero attached hydrogens (tertiary/aromatic N) is 3. The topological polar surface area (TPSA) is 60.9 Å². The van der Waals surface area contributed by atoms with Crippen LogP contribution >= 0.6 is 11.6 Å². The van der Waals surface area contributed by atoms with Crippen LogP contribution in [0.4, 0.5) is 21.9 Å². The number of barbiturate groups is 1. The van der Waals surface area contributed by atoms with E-state index in [2.05, 4.69) is 4.90 Å². The average molecular weight is 472 g/mol. The molecule has 7 heteroatoms. The maximum atomic E-state index is 14.4. The van der Waals surface area contributed by atoms with Gasteiger partial charge in [-0.1, -0.05) is 54.1 Å². The molecule has 3 aliphatic rings. The van der Waals surface area contributed by atoms with E-state index < -0.39 is 23.3 Å². The Morgan fingerprint density at radius 3 is 1.94 bits per heavy atom. The maximum Gasteiger partial charge on any atom is 0.342 e. The normalized spacial score (nSPS) is 21.1. The van der Waals surface area contributed by atoms with E-state index in [0.29, 0.717) is 22.8 Å². The van der Waals surface area contributed by atoms with E-state index in [9.17, 15) is 14.4 Å². The Hall–Kier alpha value is -3.64. The summed E-state index contributed by atoms with van der Waals surface area (Å²) in [7, 11) is 0. The van der Waals surface area contributed by atoms with Crippen molar-refractivity contribution in [2.75, 3.05) is 21.2 Å². The summed E-state index contributed by atoms with van der Waals surface area (Å²) >= 11 is 6.62. The lowest BCUT2D eigenvalue weighted by Crippen LogP contribution is -2.72. The molecule has 2 fully saturated rings. The Labute approximate surface area is 202 Å². The van der Waals surface area contributed by atoms with Gasteiger partial charge in [-0.05, 0) is 54.8 Å². The largest absolute Gasteiger partial charge is 0.367 e. The van der Waals surface area contributed by atoms with E-state index in [0.717, 1.165) is 24.2 Å². The van der Waals surface area contributed by atoms with Crippen molar-refractivity contribution >= 4 is 46.5 Å². The zero-order valence-electron chi connectivity index (χ0n) is 18.4. The van der Waals surface area contributed by atoms with Crippen molar-refractivity contribution in [2.24, 2.45) is 5.41 Å². The van der Waals surface area contributed by atoms with E-state index in [-0.39, 0.29) is 12.5 Å². The lowest BCUT2D eigenvalue weighted by Gasteiger charge is -2.51. The van der Waals surface area contributed by atoms with Crippen LogP contribution in [0.2, 0.25) is 5.02 Å². The minimum absolute atomic E-state index is 0.154. The molecule has 3 aliphatic heterocycles. The van der Waals surface area contributed by atoms with E-state index >= 15 is 0 Å². The molecule has 34 heavy (non-hydrogen) atoms. The third-order valence-corrected chi connectivity index (χ3v) is 7.62. The summed E-state index contributed by atoms with van der Waals surface area (Å²) in [5.74, 6) is -0.966. The highest BCUT2D eigenvalue weighted by atomic mass is 35.5. The van der Waals surface area contributed by atoms with Crippen LogP contribution in [-0.4, -0.2) is 30.4 Å². The van der Waals surface area contributed by atoms with Crippen molar-refractivity contribution in [3.8, 4) is 0 Å².